The van der Waals surface area contributed by atoms with Gasteiger partial charge in [-0.15, -0.1) is 0 Å². The first-order valence-electron chi connectivity index (χ1n) is 5.99. The highest BCUT2D eigenvalue weighted by atomic mass is 127. The molecule has 1 aliphatic carbocycles. The fourth-order valence-electron chi connectivity index (χ4n) is 1.84. The van der Waals surface area contributed by atoms with Gasteiger partial charge in [0.1, 0.15) is 11.3 Å². The maximum atomic E-state index is 6.15. The van der Waals surface area contributed by atoms with E-state index in [9.17, 15) is 0 Å². The Hall–Kier alpha value is 0.0200. The van der Waals surface area contributed by atoms with E-state index in [2.05, 4.69) is 32.6 Å². The van der Waals surface area contributed by atoms with E-state index in [1.165, 1.54) is 12.8 Å². The molecule has 0 aromatic carbocycles. The average Bonchev–Trinajstić information content (AvgIpc) is 3.16. The van der Waals surface area contributed by atoms with Crippen molar-refractivity contribution >= 4 is 34.2 Å². The molecule has 2 rings (SSSR count). The lowest BCUT2D eigenvalue weighted by atomic mass is 10.2. The zero-order valence-corrected chi connectivity index (χ0v) is 13.4. The van der Waals surface area contributed by atoms with Gasteiger partial charge in [0.15, 0.2) is 5.82 Å². The van der Waals surface area contributed by atoms with E-state index in [4.69, 9.17) is 21.1 Å². The van der Waals surface area contributed by atoms with Gasteiger partial charge in [0.2, 0.25) is 0 Å². The predicted octanol–water partition coefficient (Wildman–Crippen LogP) is 3.37. The third-order valence-electron chi connectivity index (χ3n) is 2.83. The molecular weight excluding hydrogens is 367 g/mol. The molecule has 0 radical (unpaired) electrons. The molecule has 18 heavy (non-hydrogen) atoms. The summed E-state index contributed by atoms with van der Waals surface area (Å²) < 4.78 is 11.7. The first-order chi connectivity index (χ1) is 8.67. The maximum Gasteiger partial charge on any atom is 0.159 e. The van der Waals surface area contributed by atoms with Gasteiger partial charge in [0.05, 0.1) is 15.9 Å². The van der Waals surface area contributed by atoms with Gasteiger partial charge < -0.3 is 9.47 Å². The summed E-state index contributed by atoms with van der Waals surface area (Å²) >= 11 is 8.30. The van der Waals surface area contributed by atoms with Gasteiger partial charge in [0.25, 0.3) is 0 Å². The summed E-state index contributed by atoms with van der Waals surface area (Å²) in [6.07, 6.45) is 2.33. The SMILES string of the molecule is CCOC(c1nc(Cl)c(I)c(COC)n1)C1CC1. The van der Waals surface area contributed by atoms with E-state index in [0.29, 0.717) is 30.1 Å². The summed E-state index contributed by atoms with van der Waals surface area (Å²) in [6, 6.07) is 0. The fourth-order valence-corrected chi connectivity index (χ4v) is 2.43. The summed E-state index contributed by atoms with van der Waals surface area (Å²) in [7, 11) is 1.65. The number of ether oxygens (including phenoxy) is 2. The van der Waals surface area contributed by atoms with Crippen molar-refractivity contribution in [3.8, 4) is 0 Å². The fraction of sp³-hybridized carbons (Fsp3) is 0.667. The van der Waals surface area contributed by atoms with Crippen LogP contribution in [0.5, 0.6) is 0 Å². The van der Waals surface area contributed by atoms with Crippen LogP contribution in [0.4, 0.5) is 0 Å². The molecule has 6 heteroatoms. The minimum atomic E-state index is -0.0277. The van der Waals surface area contributed by atoms with Gasteiger partial charge in [-0.05, 0) is 48.3 Å². The highest BCUT2D eigenvalue weighted by Gasteiger charge is 2.35. The van der Waals surface area contributed by atoms with Crippen LogP contribution in [0.3, 0.4) is 0 Å². The van der Waals surface area contributed by atoms with Crippen molar-refractivity contribution < 1.29 is 9.47 Å². The number of rotatable bonds is 6. The Balaban J connectivity index is 2.30. The van der Waals surface area contributed by atoms with Crippen molar-refractivity contribution in [1.29, 1.82) is 0 Å². The third-order valence-corrected chi connectivity index (χ3v) is 4.55. The zero-order valence-electron chi connectivity index (χ0n) is 10.4. The zero-order chi connectivity index (χ0) is 13.1. The van der Waals surface area contributed by atoms with E-state index in [1.54, 1.807) is 7.11 Å². The van der Waals surface area contributed by atoms with Crippen molar-refractivity contribution in [3.63, 3.8) is 0 Å². The normalized spacial score (nSPS) is 16.9. The lowest BCUT2D eigenvalue weighted by molar-refractivity contribution is 0.0395. The second-order valence-corrected chi connectivity index (χ2v) is 5.72. The van der Waals surface area contributed by atoms with E-state index in [1.807, 2.05) is 6.92 Å². The van der Waals surface area contributed by atoms with E-state index in [0.717, 1.165) is 9.26 Å². The molecule has 0 bridgehead atoms. The molecule has 1 heterocycles. The molecule has 0 saturated heterocycles. The molecule has 0 aliphatic heterocycles. The molecule has 100 valence electrons. The number of aromatic nitrogens is 2. The molecule has 0 spiro atoms. The van der Waals surface area contributed by atoms with Crippen molar-refractivity contribution in [1.82, 2.24) is 9.97 Å². The summed E-state index contributed by atoms with van der Waals surface area (Å²) in [6.45, 7) is 3.09. The van der Waals surface area contributed by atoms with E-state index < -0.39 is 0 Å². The molecule has 0 amide bonds. The quantitative estimate of drug-likeness (QED) is 0.559. The Kier molecular flexibility index (Phi) is 5.17. The number of nitrogens with zero attached hydrogens (tertiary/aromatic N) is 2. The Labute approximate surface area is 126 Å². The summed E-state index contributed by atoms with van der Waals surface area (Å²) in [5.41, 5.74) is 0.832. The minimum Gasteiger partial charge on any atom is -0.378 e. The second-order valence-electron chi connectivity index (χ2n) is 4.28. The third kappa shape index (κ3) is 3.31. The molecule has 4 nitrogen and oxygen atoms in total. The molecule has 1 aromatic rings. The smallest absolute Gasteiger partial charge is 0.159 e. The van der Waals surface area contributed by atoms with Crippen LogP contribution in [0.2, 0.25) is 5.15 Å². The van der Waals surface area contributed by atoms with Gasteiger partial charge in [-0.1, -0.05) is 11.6 Å². The molecule has 0 N–H and O–H groups in total. The standard InChI is InChI=1S/C12H16ClIN2O2/c1-3-18-10(7-4-5-7)12-15-8(6-17-2)9(14)11(13)16-12/h7,10H,3-6H2,1-2H3. The molecule has 1 saturated carbocycles. The topological polar surface area (TPSA) is 44.2 Å². The Morgan fingerprint density at radius 3 is 2.72 bits per heavy atom. The first-order valence-corrected chi connectivity index (χ1v) is 7.45. The van der Waals surface area contributed by atoms with Gasteiger partial charge in [-0.2, -0.15) is 0 Å². The Morgan fingerprint density at radius 1 is 1.44 bits per heavy atom. The van der Waals surface area contributed by atoms with Crippen molar-refractivity contribution in [2.45, 2.75) is 32.5 Å². The highest BCUT2D eigenvalue weighted by Crippen LogP contribution is 2.42. The summed E-state index contributed by atoms with van der Waals surface area (Å²) in [5.74, 6) is 1.23. The van der Waals surface area contributed by atoms with Gasteiger partial charge in [-0.3, -0.25) is 0 Å². The lowest BCUT2D eigenvalue weighted by Crippen LogP contribution is -2.14. The number of hydrogen-bond acceptors (Lipinski definition) is 4. The summed E-state index contributed by atoms with van der Waals surface area (Å²) in [4.78, 5) is 8.91. The monoisotopic (exact) mass is 382 g/mol. The van der Waals surface area contributed by atoms with Crippen LogP contribution in [0.1, 0.15) is 37.4 Å². The second kappa shape index (κ2) is 6.45. The largest absolute Gasteiger partial charge is 0.378 e. The Morgan fingerprint density at radius 2 is 2.17 bits per heavy atom. The number of methoxy groups -OCH3 is 1. The van der Waals surface area contributed by atoms with Crippen LogP contribution in [0.15, 0.2) is 0 Å². The van der Waals surface area contributed by atoms with Crippen molar-refractivity contribution in [2.75, 3.05) is 13.7 Å². The first kappa shape index (κ1) is 14.4. The average molecular weight is 383 g/mol. The van der Waals surface area contributed by atoms with Crippen molar-refractivity contribution in [3.05, 3.63) is 20.2 Å². The predicted molar refractivity (Wildman–Crippen MR) is 77.6 cm³/mol. The molecule has 1 aromatic heterocycles. The van der Waals surface area contributed by atoms with Crippen LogP contribution in [0, 0.1) is 9.49 Å². The molecule has 1 unspecified atom stereocenters. The van der Waals surface area contributed by atoms with Crippen LogP contribution in [0.25, 0.3) is 0 Å². The van der Waals surface area contributed by atoms with Crippen LogP contribution in [-0.2, 0) is 16.1 Å². The van der Waals surface area contributed by atoms with Gasteiger partial charge >= 0.3 is 0 Å². The molecular formula is C12H16ClIN2O2. The van der Waals surface area contributed by atoms with Crippen molar-refractivity contribution in [2.24, 2.45) is 5.92 Å². The number of halogens is 2. The Bertz CT molecular complexity index is 427. The van der Waals surface area contributed by atoms with Crippen LogP contribution in [-0.4, -0.2) is 23.7 Å². The maximum absolute atomic E-state index is 6.15. The summed E-state index contributed by atoms with van der Waals surface area (Å²) in [5, 5.41) is 0.484. The van der Waals surface area contributed by atoms with Gasteiger partial charge in [-0.25, -0.2) is 9.97 Å². The molecule has 1 atom stereocenters. The highest BCUT2D eigenvalue weighted by molar-refractivity contribution is 14.1. The van der Waals surface area contributed by atoms with E-state index in [-0.39, 0.29) is 6.10 Å². The van der Waals surface area contributed by atoms with Gasteiger partial charge in [0, 0.05) is 13.7 Å². The van der Waals surface area contributed by atoms with E-state index >= 15 is 0 Å². The molecule has 1 fully saturated rings. The van der Waals surface area contributed by atoms with Crippen LogP contribution < -0.4 is 0 Å². The van der Waals surface area contributed by atoms with Crippen LogP contribution >= 0.6 is 34.2 Å². The minimum absolute atomic E-state index is 0.0277. The lowest BCUT2D eigenvalue weighted by Gasteiger charge is -2.16. The molecule has 1 aliphatic rings. The number of hydrogen-bond donors (Lipinski definition) is 0.